The highest BCUT2D eigenvalue weighted by Crippen LogP contribution is 2.58. The molecule has 0 unspecified atom stereocenters. The third-order valence-electron chi connectivity index (χ3n) is 5.25. The van der Waals surface area contributed by atoms with Crippen molar-refractivity contribution in [1.82, 2.24) is 0 Å². The minimum Gasteiger partial charge on any atom is -0.478 e. The minimum atomic E-state index is -2.11. The average Bonchev–Trinajstić information content (AvgIpc) is 2.79. The number of rotatable bonds is 6. The molecule has 142 valence electrons. The van der Waals surface area contributed by atoms with Crippen LogP contribution in [0.5, 0.6) is 0 Å². The first-order valence-electron chi connectivity index (χ1n) is 9.58. The number of carboxylic acids is 1. The van der Waals surface area contributed by atoms with E-state index in [9.17, 15) is 9.90 Å². The number of hydrogen-bond donors (Lipinski definition) is 1. The Morgan fingerprint density at radius 1 is 0.586 bits per heavy atom. The van der Waals surface area contributed by atoms with Crippen LogP contribution in [0, 0.1) is 0 Å². The molecular formula is C26H22O2P+. The van der Waals surface area contributed by atoms with Crippen LogP contribution in [0.4, 0.5) is 0 Å². The molecule has 0 spiro atoms. The van der Waals surface area contributed by atoms with Gasteiger partial charge in [-0.2, -0.15) is 0 Å². The molecule has 0 aromatic heterocycles. The van der Waals surface area contributed by atoms with Gasteiger partial charge in [-0.25, -0.2) is 4.79 Å². The van der Waals surface area contributed by atoms with Gasteiger partial charge < -0.3 is 5.11 Å². The number of carbonyl (C=O) groups is 1. The van der Waals surface area contributed by atoms with Crippen molar-refractivity contribution >= 4 is 29.1 Å². The Morgan fingerprint density at radius 3 is 1.38 bits per heavy atom. The summed E-state index contributed by atoms with van der Waals surface area (Å²) < 4.78 is 0. The molecule has 0 bridgehead atoms. The number of aromatic carboxylic acids is 1. The third-order valence-corrected chi connectivity index (χ3v) is 9.60. The summed E-state index contributed by atoms with van der Waals surface area (Å²) in [5, 5.41) is 13.5. The molecule has 3 heteroatoms. The molecule has 0 amide bonds. The maximum atomic E-state index is 11.9. The van der Waals surface area contributed by atoms with E-state index in [1.807, 2.05) is 30.3 Å². The maximum absolute atomic E-state index is 11.9. The van der Waals surface area contributed by atoms with Crippen molar-refractivity contribution < 1.29 is 9.90 Å². The number of hydrogen-bond acceptors (Lipinski definition) is 1. The van der Waals surface area contributed by atoms with Gasteiger partial charge in [0.1, 0.15) is 23.2 Å². The highest BCUT2D eigenvalue weighted by atomic mass is 31.2. The maximum Gasteiger partial charge on any atom is 0.336 e. The lowest BCUT2D eigenvalue weighted by molar-refractivity contribution is 0.0696. The predicted molar refractivity (Wildman–Crippen MR) is 122 cm³/mol. The Balaban J connectivity index is 2.03. The van der Waals surface area contributed by atoms with E-state index < -0.39 is 13.2 Å². The van der Waals surface area contributed by atoms with E-state index in [0.29, 0.717) is 11.7 Å². The monoisotopic (exact) mass is 397 g/mol. The van der Waals surface area contributed by atoms with Gasteiger partial charge in [0.2, 0.25) is 0 Å². The van der Waals surface area contributed by atoms with Crippen molar-refractivity contribution in [3.63, 3.8) is 0 Å². The van der Waals surface area contributed by atoms with Gasteiger partial charge in [-0.05, 0) is 42.5 Å². The summed E-state index contributed by atoms with van der Waals surface area (Å²) in [6, 6.07) is 38.9. The molecule has 0 aliphatic heterocycles. The summed E-state index contributed by atoms with van der Waals surface area (Å²) in [7, 11) is -2.11. The molecule has 0 aliphatic carbocycles. The van der Waals surface area contributed by atoms with Crippen LogP contribution >= 0.6 is 7.26 Å². The van der Waals surface area contributed by atoms with Gasteiger partial charge in [0, 0.05) is 5.56 Å². The second-order valence-corrected chi connectivity index (χ2v) is 10.4. The molecule has 0 saturated carbocycles. The number of benzene rings is 4. The summed E-state index contributed by atoms with van der Waals surface area (Å²) in [6.45, 7) is 0. The van der Waals surface area contributed by atoms with Crippen LogP contribution in [0.3, 0.4) is 0 Å². The van der Waals surface area contributed by atoms with Gasteiger partial charge in [0.25, 0.3) is 0 Å². The zero-order valence-corrected chi connectivity index (χ0v) is 16.9. The van der Waals surface area contributed by atoms with E-state index in [0.717, 1.165) is 5.56 Å². The molecule has 4 aromatic rings. The Morgan fingerprint density at radius 2 is 0.966 bits per heavy atom. The first-order valence-corrected chi connectivity index (χ1v) is 11.6. The molecule has 0 saturated heterocycles. The molecule has 0 atom stereocenters. The standard InChI is InChI=1S/C26H21O2P/c27-26(28)25-19-11-10-12-21(25)20-29(22-13-4-1-5-14-22,23-15-6-2-7-16-23)24-17-8-3-9-18-24/h1-19H,20H2/p+1. The Bertz CT molecular complexity index is 996. The SMILES string of the molecule is O=C(O)c1ccccc1C[P+](c1ccccc1)(c1ccccc1)c1ccccc1. The molecule has 2 nitrogen and oxygen atoms in total. The smallest absolute Gasteiger partial charge is 0.336 e. The predicted octanol–water partition coefficient (Wildman–Crippen LogP) is 4.88. The van der Waals surface area contributed by atoms with E-state index >= 15 is 0 Å². The fourth-order valence-corrected chi connectivity index (χ4v) is 8.16. The van der Waals surface area contributed by atoms with Gasteiger partial charge >= 0.3 is 5.97 Å². The molecule has 1 N–H and O–H groups in total. The van der Waals surface area contributed by atoms with Crippen molar-refractivity contribution in [1.29, 1.82) is 0 Å². The van der Waals surface area contributed by atoms with E-state index in [-0.39, 0.29) is 0 Å². The van der Waals surface area contributed by atoms with Crippen LogP contribution in [0.1, 0.15) is 15.9 Å². The van der Waals surface area contributed by atoms with Crippen molar-refractivity contribution in [3.8, 4) is 0 Å². The lowest BCUT2D eigenvalue weighted by Crippen LogP contribution is -2.32. The molecule has 0 radical (unpaired) electrons. The molecule has 29 heavy (non-hydrogen) atoms. The fourth-order valence-electron chi connectivity index (χ4n) is 3.89. The normalized spacial score (nSPS) is 11.2. The van der Waals surface area contributed by atoms with Crippen molar-refractivity contribution in [3.05, 3.63) is 126 Å². The lowest BCUT2D eigenvalue weighted by atomic mass is 10.1. The first kappa shape index (κ1) is 19.1. The van der Waals surface area contributed by atoms with Crippen LogP contribution in [0.15, 0.2) is 115 Å². The van der Waals surface area contributed by atoms with Crippen LogP contribution in [-0.2, 0) is 6.16 Å². The zero-order valence-electron chi connectivity index (χ0n) is 16.0. The molecule has 0 fully saturated rings. The topological polar surface area (TPSA) is 37.3 Å². The van der Waals surface area contributed by atoms with Crippen LogP contribution in [-0.4, -0.2) is 11.1 Å². The lowest BCUT2D eigenvalue weighted by Gasteiger charge is -2.28. The van der Waals surface area contributed by atoms with Crippen molar-refractivity contribution in [2.75, 3.05) is 0 Å². The first-order chi connectivity index (χ1) is 14.2. The molecule has 4 rings (SSSR count). The van der Waals surface area contributed by atoms with E-state index in [1.165, 1.54) is 15.9 Å². The Kier molecular flexibility index (Phi) is 5.55. The van der Waals surface area contributed by atoms with Gasteiger partial charge in [-0.1, -0.05) is 72.8 Å². The number of carboxylic acid groups (broad SMARTS) is 1. The van der Waals surface area contributed by atoms with Gasteiger partial charge in [-0.3, -0.25) is 0 Å². The zero-order chi connectivity index (χ0) is 20.1. The molecule has 0 heterocycles. The molecular weight excluding hydrogens is 375 g/mol. The van der Waals surface area contributed by atoms with Gasteiger partial charge in [0.15, 0.2) is 0 Å². The summed E-state index contributed by atoms with van der Waals surface area (Å²) in [4.78, 5) is 11.9. The third kappa shape index (κ3) is 3.72. The quantitative estimate of drug-likeness (QED) is 0.471. The Hall–Kier alpha value is -3.22. The largest absolute Gasteiger partial charge is 0.478 e. The summed E-state index contributed by atoms with van der Waals surface area (Å²) in [5.41, 5.74) is 1.24. The Labute approximate surface area is 171 Å². The highest BCUT2D eigenvalue weighted by molar-refractivity contribution is 7.95. The molecule has 4 aromatic carbocycles. The summed E-state index contributed by atoms with van der Waals surface area (Å²) >= 11 is 0. The second kappa shape index (κ2) is 8.43. The van der Waals surface area contributed by atoms with Crippen LogP contribution in [0.25, 0.3) is 0 Å². The fraction of sp³-hybridized carbons (Fsp3) is 0.0385. The van der Waals surface area contributed by atoms with Crippen molar-refractivity contribution in [2.24, 2.45) is 0 Å². The van der Waals surface area contributed by atoms with Crippen LogP contribution in [0.2, 0.25) is 0 Å². The van der Waals surface area contributed by atoms with Gasteiger partial charge in [0.05, 0.1) is 11.7 Å². The highest BCUT2D eigenvalue weighted by Gasteiger charge is 2.45. The van der Waals surface area contributed by atoms with Crippen LogP contribution < -0.4 is 15.9 Å². The van der Waals surface area contributed by atoms with Gasteiger partial charge in [-0.15, -0.1) is 0 Å². The molecule has 0 aliphatic rings. The summed E-state index contributed by atoms with van der Waals surface area (Å²) in [6.07, 6.45) is 0.660. The average molecular weight is 397 g/mol. The van der Waals surface area contributed by atoms with E-state index in [2.05, 4.69) is 72.8 Å². The van der Waals surface area contributed by atoms with E-state index in [1.54, 1.807) is 12.1 Å². The van der Waals surface area contributed by atoms with E-state index in [4.69, 9.17) is 0 Å². The summed E-state index contributed by atoms with van der Waals surface area (Å²) in [5.74, 6) is -0.882. The minimum absolute atomic E-state index is 0.375. The second-order valence-electron chi connectivity index (χ2n) is 6.94. The van der Waals surface area contributed by atoms with Crippen molar-refractivity contribution in [2.45, 2.75) is 6.16 Å².